The molecule has 6 heteroatoms. The van der Waals surface area contributed by atoms with Crippen molar-refractivity contribution < 1.29 is 14.1 Å². The molecule has 0 bridgehead atoms. The third kappa shape index (κ3) is 2.85. The molecule has 0 radical (unpaired) electrons. The molecule has 1 aromatic heterocycles. The van der Waals surface area contributed by atoms with Gasteiger partial charge in [0.05, 0.1) is 12.7 Å². The topological polar surface area (TPSA) is 68.5 Å². The Morgan fingerprint density at radius 1 is 1.14 bits per heavy atom. The maximum Gasteiger partial charge on any atom is 0.261 e. The number of methoxy groups -OCH3 is 1. The Morgan fingerprint density at radius 2 is 2.00 bits per heavy atom. The lowest BCUT2D eigenvalue weighted by Gasteiger charge is -2.17. The SMILES string of the molecule is COc1ccccc1-c1nc(C2CC(=O)N(c3ccc4c(c3)CCC4)C2)no1. The average Bonchev–Trinajstić information content (AvgIpc) is 3.46. The largest absolute Gasteiger partial charge is 0.496 e. The highest BCUT2D eigenvalue weighted by molar-refractivity contribution is 5.96. The van der Waals surface area contributed by atoms with Crippen molar-refractivity contribution in [3.63, 3.8) is 0 Å². The molecule has 2 aromatic carbocycles. The number of benzene rings is 2. The van der Waals surface area contributed by atoms with Gasteiger partial charge in [-0.2, -0.15) is 4.98 Å². The Bertz CT molecular complexity index is 1040. The second-order valence-electron chi connectivity index (χ2n) is 7.37. The third-order valence-electron chi connectivity index (χ3n) is 5.66. The zero-order chi connectivity index (χ0) is 19.1. The van der Waals surface area contributed by atoms with E-state index in [1.54, 1.807) is 7.11 Å². The van der Waals surface area contributed by atoms with E-state index in [-0.39, 0.29) is 11.8 Å². The number of rotatable bonds is 4. The van der Waals surface area contributed by atoms with Crippen molar-refractivity contribution in [3.05, 3.63) is 59.4 Å². The van der Waals surface area contributed by atoms with Crippen LogP contribution in [0.15, 0.2) is 47.0 Å². The van der Waals surface area contributed by atoms with Crippen LogP contribution in [-0.2, 0) is 17.6 Å². The monoisotopic (exact) mass is 375 g/mol. The van der Waals surface area contributed by atoms with E-state index < -0.39 is 0 Å². The summed E-state index contributed by atoms with van der Waals surface area (Å²) in [5.74, 6) is 1.69. The molecular formula is C22H21N3O3. The van der Waals surface area contributed by atoms with Crippen LogP contribution in [0.25, 0.3) is 11.5 Å². The minimum Gasteiger partial charge on any atom is -0.496 e. The predicted molar refractivity (Wildman–Crippen MR) is 104 cm³/mol. The maximum absolute atomic E-state index is 12.7. The van der Waals surface area contributed by atoms with Gasteiger partial charge in [-0.25, -0.2) is 0 Å². The van der Waals surface area contributed by atoms with Gasteiger partial charge in [0, 0.05) is 24.6 Å². The van der Waals surface area contributed by atoms with Crippen LogP contribution in [0.2, 0.25) is 0 Å². The summed E-state index contributed by atoms with van der Waals surface area (Å²) in [4.78, 5) is 19.1. The van der Waals surface area contributed by atoms with Crippen molar-refractivity contribution >= 4 is 11.6 Å². The number of carbonyl (C=O) groups excluding carboxylic acids is 1. The molecule has 1 unspecified atom stereocenters. The van der Waals surface area contributed by atoms with Crippen LogP contribution in [0.4, 0.5) is 5.69 Å². The lowest BCUT2D eigenvalue weighted by molar-refractivity contribution is -0.117. The molecular weight excluding hydrogens is 354 g/mol. The number of para-hydroxylation sites is 1. The molecule has 1 saturated heterocycles. The molecule has 142 valence electrons. The minimum absolute atomic E-state index is 0.0760. The molecule has 2 heterocycles. The number of amides is 1. The minimum atomic E-state index is -0.0760. The molecule has 1 aliphatic carbocycles. The molecule has 2 aliphatic rings. The number of aryl methyl sites for hydroxylation is 2. The number of hydrogen-bond acceptors (Lipinski definition) is 5. The Hall–Kier alpha value is -3.15. The molecule has 1 atom stereocenters. The molecule has 3 aromatic rings. The van der Waals surface area contributed by atoms with Crippen LogP contribution in [-0.4, -0.2) is 29.7 Å². The summed E-state index contributed by atoms with van der Waals surface area (Å²) in [5.41, 5.74) is 4.50. The second kappa shape index (κ2) is 6.78. The molecule has 1 fully saturated rings. The van der Waals surface area contributed by atoms with Gasteiger partial charge in [0.25, 0.3) is 5.89 Å². The Labute approximate surface area is 163 Å². The van der Waals surface area contributed by atoms with Gasteiger partial charge >= 0.3 is 0 Å². The first-order chi connectivity index (χ1) is 13.7. The normalized spacial score (nSPS) is 18.5. The van der Waals surface area contributed by atoms with Crippen molar-refractivity contribution in [2.24, 2.45) is 0 Å². The molecule has 0 N–H and O–H groups in total. The fourth-order valence-electron chi connectivity index (χ4n) is 4.19. The number of hydrogen-bond donors (Lipinski definition) is 0. The van der Waals surface area contributed by atoms with E-state index in [1.165, 1.54) is 17.5 Å². The van der Waals surface area contributed by atoms with E-state index in [1.807, 2.05) is 29.2 Å². The van der Waals surface area contributed by atoms with Crippen molar-refractivity contribution in [1.82, 2.24) is 10.1 Å². The standard InChI is InChI=1S/C22H21N3O3/c1-27-19-8-3-2-7-18(19)22-23-21(24-28-22)16-12-20(26)25(13-16)17-10-9-14-5-4-6-15(14)11-17/h2-3,7-11,16H,4-6,12-13H2,1H3. The van der Waals surface area contributed by atoms with Gasteiger partial charge in [0.1, 0.15) is 5.75 Å². The smallest absolute Gasteiger partial charge is 0.261 e. The highest BCUT2D eigenvalue weighted by Crippen LogP contribution is 2.35. The van der Waals surface area contributed by atoms with Crippen molar-refractivity contribution in [2.45, 2.75) is 31.6 Å². The van der Waals surface area contributed by atoms with Gasteiger partial charge in [-0.3, -0.25) is 4.79 Å². The molecule has 28 heavy (non-hydrogen) atoms. The van der Waals surface area contributed by atoms with Crippen molar-refractivity contribution in [2.75, 3.05) is 18.6 Å². The van der Waals surface area contributed by atoms with Crippen LogP contribution in [0.5, 0.6) is 5.75 Å². The lowest BCUT2D eigenvalue weighted by Crippen LogP contribution is -2.24. The third-order valence-corrected chi connectivity index (χ3v) is 5.66. The summed E-state index contributed by atoms with van der Waals surface area (Å²) in [5, 5.41) is 4.15. The number of carbonyl (C=O) groups is 1. The summed E-state index contributed by atoms with van der Waals surface area (Å²) >= 11 is 0. The summed E-state index contributed by atoms with van der Waals surface area (Å²) in [6.45, 7) is 0.572. The zero-order valence-corrected chi connectivity index (χ0v) is 15.7. The Balaban J connectivity index is 1.39. The van der Waals surface area contributed by atoms with E-state index in [2.05, 4.69) is 28.3 Å². The first kappa shape index (κ1) is 17.0. The van der Waals surface area contributed by atoms with E-state index in [0.717, 1.165) is 24.1 Å². The van der Waals surface area contributed by atoms with E-state index in [0.29, 0.717) is 30.4 Å². The molecule has 0 spiro atoms. The van der Waals surface area contributed by atoms with Gasteiger partial charge in [-0.05, 0) is 54.7 Å². The first-order valence-electron chi connectivity index (χ1n) is 9.62. The lowest BCUT2D eigenvalue weighted by atomic mass is 10.1. The average molecular weight is 375 g/mol. The number of anilines is 1. The summed E-state index contributed by atoms with van der Waals surface area (Å²) in [6, 6.07) is 13.9. The molecule has 1 amide bonds. The van der Waals surface area contributed by atoms with Crippen LogP contribution in [0.3, 0.4) is 0 Å². The van der Waals surface area contributed by atoms with Crippen LogP contribution in [0.1, 0.15) is 35.7 Å². The van der Waals surface area contributed by atoms with Gasteiger partial charge in [-0.15, -0.1) is 0 Å². The molecule has 0 saturated carbocycles. The van der Waals surface area contributed by atoms with Gasteiger partial charge < -0.3 is 14.2 Å². The maximum atomic E-state index is 12.7. The van der Waals surface area contributed by atoms with Crippen LogP contribution < -0.4 is 9.64 Å². The number of ether oxygens (including phenoxy) is 1. The van der Waals surface area contributed by atoms with Gasteiger partial charge in [-0.1, -0.05) is 23.4 Å². The zero-order valence-electron chi connectivity index (χ0n) is 15.7. The summed E-state index contributed by atoms with van der Waals surface area (Å²) in [7, 11) is 1.61. The highest BCUT2D eigenvalue weighted by atomic mass is 16.5. The fourth-order valence-corrected chi connectivity index (χ4v) is 4.19. The van der Waals surface area contributed by atoms with E-state index >= 15 is 0 Å². The number of fused-ring (bicyclic) bond motifs is 1. The van der Waals surface area contributed by atoms with Gasteiger partial charge in [0.2, 0.25) is 5.91 Å². The van der Waals surface area contributed by atoms with Gasteiger partial charge in [0.15, 0.2) is 5.82 Å². The van der Waals surface area contributed by atoms with Crippen molar-refractivity contribution in [3.8, 4) is 17.2 Å². The van der Waals surface area contributed by atoms with Crippen molar-refractivity contribution in [1.29, 1.82) is 0 Å². The number of nitrogens with zero attached hydrogens (tertiary/aromatic N) is 3. The molecule has 6 nitrogen and oxygen atoms in total. The Kier molecular flexibility index (Phi) is 4.11. The van der Waals surface area contributed by atoms with E-state index in [4.69, 9.17) is 9.26 Å². The molecule has 5 rings (SSSR count). The quantitative estimate of drug-likeness (QED) is 0.695. The summed E-state index contributed by atoms with van der Waals surface area (Å²) < 4.78 is 10.8. The summed E-state index contributed by atoms with van der Waals surface area (Å²) in [6.07, 6.45) is 3.83. The van der Waals surface area contributed by atoms with Crippen LogP contribution >= 0.6 is 0 Å². The predicted octanol–water partition coefficient (Wildman–Crippen LogP) is 3.75. The Morgan fingerprint density at radius 3 is 2.89 bits per heavy atom. The second-order valence-corrected chi connectivity index (χ2v) is 7.37. The van der Waals surface area contributed by atoms with Crippen LogP contribution in [0, 0.1) is 0 Å². The molecule has 1 aliphatic heterocycles. The first-order valence-corrected chi connectivity index (χ1v) is 9.62. The van der Waals surface area contributed by atoms with E-state index in [9.17, 15) is 4.79 Å². The highest BCUT2D eigenvalue weighted by Gasteiger charge is 2.35. The fraction of sp³-hybridized carbons (Fsp3) is 0.318. The number of aromatic nitrogens is 2.